The maximum Gasteiger partial charge on any atom is 0.169 e. The molecule has 0 radical (unpaired) electrons. The Hall–Kier alpha value is -1.04. The average Bonchev–Trinajstić information content (AvgIpc) is 3.14. The highest BCUT2D eigenvalue weighted by molar-refractivity contribution is 14.2. The molecular weight excluding hydrogens is 400 g/mol. The first-order chi connectivity index (χ1) is 10.2. The molecule has 0 aromatic carbocycles. The summed E-state index contributed by atoms with van der Waals surface area (Å²) in [5.74, 6) is 0.953. The molecule has 2 unspecified atom stereocenters. The zero-order valence-electron chi connectivity index (χ0n) is 11.9. The highest BCUT2D eigenvalue weighted by atomic mass is 127. The minimum atomic E-state index is 0.101. The molecule has 0 aliphatic carbocycles. The van der Waals surface area contributed by atoms with Gasteiger partial charge in [0.25, 0.3) is 0 Å². The molecule has 2 aromatic heterocycles. The van der Waals surface area contributed by atoms with E-state index < -0.39 is 0 Å². The summed E-state index contributed by atoms with van der Waals surface area (Å²) < 4.78 is 2.01. The Balaban J connectivity index is 0.000000497. The Bertz CT molecular complexity index is 638. The second-order valence-corrected chi connectivity index (χ2v) is 6.73. The molecule has 3 rings (SSSR count). The number of hydrogen-bond donors (Lipinski definition) is 1. The largest absolute Gasteiger partial charge is 0.353 e. The van der Waals surface area contributed by atoms with Crippen molar-refractivity contribution < 1.29 is 0 Å². The average molecular weight is 417 g/mol. The Kier molecular flexibility index (Phi) is 6.08. The number of nitriles is 1. The minimum Gasteiger partial charge on any atom is -0.353 e. The van der Waals surface area contributed by atoms with Crippen molar-refractivity contribution in [2.45, 2.75) is 6.42 Å². The Morgan fingerprint density at radius 3 is 2.81 bits per heavy atom. The summed E-state index contributed by atoms with van der Waals surface area (Å²) in [4.78, 5) is 15.1. The molecule has 1 fully saturated rings. The highest BCUT2D eigenvalue weighted by Crippen LogP contribution is 2.32. The topological polar surface area (TPSA) is 82.7 Å². The predicted molar refractivity (Wildman–Crippen MR) is 94.0 cm³/mol. The van der Waals surface area contributed by atoms with Gasteiger partial charge in [0, 0.05) is 13.1 Å². The van der Waals surface area contributed by atoms with Crippen molar-refractivity contribution >= 4 is 45.4 Å². The summed E-state index contributed by atoms with van der Waals surface area (Å²) >= 11 is 2.30. The molecule has 2 atom stereocenters. The summed E-state index contributed by atoms with van der Waals surface area (Å²) in [5, 5.41) is 11.7. The monoisotopic (exact) mass is 417 g/mol. The number of rotatable bonds is 2. The number of halogens is 1. The molecule has 3 heterocycles. The Labute approximate surface area is 138 Å². The van der Waals surface area contributed by atoms with Crippen LogP contribution >= 0.6 is 28.4 Å². The molecule has 1 aliphatic heterocycles. The van der Waals surface area contributed by atoms with Crippen molar-refractivity contribution in [2.24, 2.45) is 5.92 Å². The van der Waals surface area contributed by atoms with Crippen molar-refractivity contribution in [1.82, 2.24) is 24.6 Å². The summed E-state index contributed by atoms with van der Waals surface area (Å²) in [6, 6.07) is 2.32. The van der Waals surface area contributed by atoms with Crippen LogP contribution in [0, 0.1) is 17.2 Å². The third kappa shape index (κ3) is 3.59. The lowest BCUT2D eigenvalue weighted by atomic mass is 10.1. The highest BCUT2D eigenvalue weighted by Gasteiger charge is 2.25. The lowest BCUT2D eigenvalue weighted by Crippen LogP contribution is -2.21. The van der Waals surface area contributed by atoms with Crippen LogP contribution in [0.5, 0.6) is 0 Å². The molecule has 0 spiro atoms. The van der Waals surface area contributed by atoms with Gasteiger partial charge in [0.1, 0.15) is 12.7 Å². The normalized spacial score (nSPS) is 18.0. The molecule has 7 nitrogen and oxygen atoms in total. The summed E-state index contributed by atoms with van der Waals surface area (Å²) in [6.45, 7) is 1.60. The number of nitrogens with one attached hydrogen (secondary N) is 1. The molecule has 1 N–H and O–H groups in total. The van der Waals surface area contributed by atoms with Gasteiger partial charge in [-0.1, -0.05) is 0 Å². The SMILES string of the molecule is CNC.N#CC1CCN(c2ncnc3c2ncn3PI)C1. The fourth-order valence-corrected chi connectivity index (χ4v) is 3.58. The van der Waals surface area contributed by atoms with Gasteiger partial charge in [-0.2, -0.15) is 5.26 Å². The van der Waals surface area contributed by atoms with Crippen molar-refractivity contribution in [1.29, 1.82) is 5.26 Å². The second-order valence-electron chi connectivity index (χ2n) is 4.63. The summed E-state index contributed by atoms with van der Waals surface area (Å²) in [7, 11) is 3.75. The first-order valence-corrected chi connectivity index (χ1v) is 10.6. The van der Waals surface area contributed by atoms with E-state index >= 15 is 0 Å². The molecule has 0 saturated carbocycles. The molecule has 9 heteroatoms. The second kappa shape index (κ2) is 7.82. The van der Waals surface area contributed by atoms with Crippen molar-refractivity contribution in [3.8, 4) is 6.07 Å². The number of nitrogens with zero attached hydrogens (tertiary/aromatic N) is 6. The minimum absolute atomic E-state index is 0.101. The van der Waals surface area contributed by atoms with Crippen LogP contribution in [0.1, 0.15) is 6.42 Å². The van der Waals surface area contributed by atoms with E-state index in [1.807, 2.05) is 18.4 Å². The van der Waals surface area contributed by atoms with Gasteiger partial charge in [-0.15, -0.1) is 0 Å². The maximum absolute atomic E-state index is 8.96. The quantitative estimate of drug-likeness (QED) is 0.593. The molecule has 1 saturated heterocycles. The van der Waals surface area contributed by atoms with E-state index in [1.165, 1.54) is 0 Å². The number of anilines is 1. The molecule has 21 heavy (non-hydrogen) atoms. The number of aromatic nitrogens is 4. The summed E-state index contributed by atoms with van der Waals surface area (Å²) in [6.07, 6.45) is 4.85. The standard InChI is InChI=1S/C10H10IN6P.C2H7N/c11-18-17-6-15-8-9(13-5-14-10(8)17)16-2-1-7(3-12)4-16;1-3-2/h5-7,18H,1-2,4H2;3H,1-2H3. The summed E-state index contributed by atoms with van der Waals surface area (Å²) in [5.41, 5.74) is 1.70. The predicted octanol–water partition coefficient (Wildman–Crippen LogP) is 1.80. The zero-order valence-corrected chi connectivity index (χ0v) is 15.1. The smallest absolute Gasteiger partial charge is 0.169 e. The van der Waals surface area contributed by atoms with E-state index in [9.17, 15) is 0 Å². The van der Waals surface area contributed by atoms with Gasteiger partial charge in [0.2, 0.25) is 0 Å². The third-order valence-electron chi connectivity index (χ3n) is 3.08. The van der Waals surface area contributed by atoms with Crippen LogP contribution in [-0.4, -0.2) is 46.5 Å². The number of fused-ring (bicyclic) bond motifs is 1. The van der Waals surface area contributed by atoms with Gasteiger partial charge in [0.05, 0.1) is 18.4 Å². The molecule has 2 aromatic rings. The molecule has 112 valence electrons. The van der Waals surface area contributed by atoms with Gasteiger partial charge < -0.3 is 10.2 Å². The third-order valence-corrected chi connectivity index (χ3v) is 5.14. The van der Waals surface area contributed by atoms with Crippen LogP contribution in [0.4, 0.5) is 5.82 Å². The van der Waals surface area contributed by atoms with Gasteiger partial charge in [-0.3, -0.25) is 4.34 Å². The first-order valence-electron chi connectivity index (χ1n) is 6.52. The zero-order chi connectivity index (χ0) is 15.2. The van der Waals surface area contributed by atoms with Gasteiger partial charge in [0.15, 0.2) is 17.0 Å². The van der Waals surface area contributed by atoms with Crippen molar-refractivity contribution in [3.05, 3.63) is 12.7 Å². The fourth-order valence-electron chi connectivity index (χ4n) is 2.17. The lowest BCUT2D eigenvalue weighted by molar-refractivity contribution is 0.754. The van der Waals surface area contributed by atoms with E-state index in [0.717, 1.165) is 36.5 Å². The van der Waals surface area contributed by atoms with Crippen LogP contribution < -0.4 is 10.2 Å². The first kappa shape index (κ1) is 16.3. The number of hydrogen-bond acceptors (Lipinski definition) is 6. The van der Waals surface area contributed by atoms with Gasteiger partial charge >= 0.3 is 0 Å². The van der Waals surface area contributed by atoms with Crippen LogP contribution in [0.2, 0.25) is 0 Å². The van der Waals surface area contributed by atoms with Crippen molar-refractivity contribution in [3.63, 3.8) is 0 Å². The molecule has 1 aliphatic rings. The van der Waals surface area contributed by atoms with E-state index in [1.54, 1.807) is 12.7 Å². The van der Waals surface area contributed by atoms with E-state index in [4.69, 9.17) is 5.26 Å². The molecule has 0 amide bonds. The van der Waals surface area contributed by atoms with Crippen LogP contribution in [0.25, 0.3) is 11.2 Å². The van der Waals surface area contributed by atoms with E-state index in [2.05, 4.69) is 53.3 Å². The lowest BCUT2D eigenvalue weighted by Gasteiger charge is -2.16. The number of imidazole rings is 1. The Morgan fingerprint density at radius 2 is 2.19 bits per heavy atom. The Morgan fingerprint density at radius 1 is 1.43 bits per heavy atom. The molecule has 0 bridgehead atoms. The molecular formula is C12H17IN7P. The fraction of sp³-hybridized carbons (Fsp3) is 0.500. The van der Waals surface area contributed by atoms with Gasteiger partial charge in [-0.05, 0) is 42.6 Å². The van der Waals surface area contributed by atoms with Gasteiger partial charge in [-0.25, -0.2) is 15.0 Å². The van der Waals surface area contributed by atoms with E-state index in [0.29, 0.717) is 6.37 Å². The van der Waals surface area contributed by atoms with E-state index in [-0.39, 0.29) is 5.92 Å². The van der Waals surface area contributed by atoms with Crippen LogP contribution in [0.3, 0.4) is 0 Å². The van der Waals surface area contributed by atoms with Crippen LogP contribution in [0.15, 0.2) is 12.7 Å². The van der Waals surface area contributed by atoms with Crippen molar-refractivity contribution in [2.75, 3.05) is 32.1 Å². The van der Waals surface area contributed by atoms with Crippen LogP contribution in [-0.2, 0) is 0 Å². The maximum atomic E-state index is 8.96.